The van der Waals surface area contributed by atoms with Crippen LogP contribution >= 0.6 is 0 Å². The average molecular weight is 491 g/mol. The first-order chi connectivity index (χ1) is 18.1. The predicted octanol–water partition coefficient (Wildman–Crippen LogP) is 7.56. The standard InChI is InChI=1S/C30H19F2N3O2/c31-20-10-8-19(9-11-20)23-17-34-25-14-15-33-30(28(25)29(23)36)35-21-12-13-27(24(32)16-21)37-26-7-3-5-18-4-1-2-6-22(18)26/h1-17H,(H,33,35)(H,34,36). The summed E-state index contributed by atoms with van der Waals surface area (Å²) < 4.78 is 34.3. The largest absolute Gasteiger partial charge is 0.454 e. The Morgan fingerprint density at radius 1 is 0.838 bits per heavy atom. The highest BCUT2D eigenvalue weighted by atomic mass is 19.1. The van der Waals surface area contributed by atoms with Crippen molar-refractivity contribution < 1.29 is 13.5 Å². The number of rotatable bonds is 5. The van der Waals surface area contributed by atoms with E-state index in [0.29, 0.717) is 33.5 Å². The zero-order valence-corrected chi connectivity index (χ0v) is 19.3. The fourth-order valence-corrected chi connectivity index (χ4v) is 4.30. The minimum Gasteiger partial charge on any atom is -0.454 e. The Kier molecular flexibility index (Phi) is 5.58. The Bertz CT molecular complexity index is 1830. The van der Waals surface area contributed by atoms with E-state index in [2.05, 4.69) is 15.3 Å². The number of hydrogen-bond donors (Lipinski definition) is 2. The summed E-state index contributed by atoms with van der Waals surface area (Å²) in [6, 6.07) is 25.2. The molecule has 0 amide bonds. The van der Waals surface area contributed by atoms with Gasteiger partial charge < -0.3 is 15.0 Å². The van der Waals surface area contributed by atoms with Crippen molar-refractivity contribution in [3.05, 3.63) is 125 Å². The maximum atomic E-state index is 15.1. The van der Waals surface area contributed by atoms with Gasteiger partial charge in [-0.1, -0.05) is 48.5 Å². The maximum absolute atomic E-state index is 15.1. The zero-order chi connectivity index (χ0) is 25.4. The molecular weight excluding hydrogens is 472 g/mol. The third kappa shape index (κ3) is 4.27. The first kappa shape index (κ1) is 22.4. The Balaban J connectivity index is 1.34. The van der Waals surface area contributed by atoms with Crippen LogP contribution in [0.15, 0.2) is 108 Å². The number of benzene rings is 4. The van der Waals surface area contributed by atoms with Gasteiger partial charge in [0.25, 0.3) is 0 Å². The fraction of sp³-hybridized carbons (Fsp3) is 0. The van der Waals surface area contributed by atoms with Crippen molar-refractivity contribution in [3.63, 3.8) is 0 Å². The van der Waals surface area contributed by atoms with Crippen molar-refractivity contribution in [1.82, 2.24) is 9.97 Å². The number of H-pyrrole nitrogens is 1. The monoisotopic (exact) mass is 491 g/mol. The van der Waals surface area contributed by atoms with Crippen molar-refractivity contribution in [2.45, 2.75) is 0 Å². The summed E-state index contributed by atoms with van der Waals surface area (Å²) in [6.07, 6.45) is 3.13. The van der Waals surface area contributed by atoms with E-state index in [0.717, 1.165) is 10.8 Å². The molecule has 7 heteroatoms. The van der Waals surface area contributed by atoms with Crippen LogP contribution in [-0.2, 0) is 0 Å². The SMILES string of the molecule is O=c1c(-c2ccc(F)cc2)c[nH]c2ccnc(Nc3ccc(Oc4cccc5ccccc45)c(F)c3)c12. The van der Waals surface area contributed by atoms with Crippen LogP contribution in [0, 0.1) is 11.6 Å². The van der Waals surface area contributed by atoms with E-state index in [1.807, 2.05) is 36.4 Å². The van der Waals surface area contributed by atoms with E-state index in [4.69, 9.17) is 4.74 Å². The number of halogens is 2. The molecule has 2 aromatic heterocycles. The molecule has 0 saturated carbocycles. The average Bonchev–Trinajstić information content (AvgIpc) is 2.91. The lowest BCUT2D eigenvalue weighted by Crippen LogP contribution is -2.10. The molecule has 2 heterocycles. The third-order valence-electron chi connectivity index (χ3n) is 6.11. The molecule has 0 radical (unpaired) electrons. The summed E-state index contributed by atoms with van der Waals surface area (Å²) >= 11 is 0. The number of fused-ring (bicyclic) bond motifs is 2. The molecule has 0 aliphatic heterocycles. The fourth-order valence-electron chi connectivity index (χ4n) is 4.30. The van der Waals surface area contributed by atoms with Gasteiger partial charge in [0.2, 0.25) is 5.43 Å². The Labute approximate surface area is 210 Å². The molecule has 0 fully saturated rings. The minimum atomic E-state index is -0.570. The predicted molar refractivity (Wildman–Crippen MR) is 141 cm³/mol. The molecule has 0 aliphatic rings. The highest BCUT2D eigenvalue weighted by Crippen LogP contribution is 2.33. The molecule has 0 unspecified atom stereocenters. The quantitative estimate of drug-likeness (QED) is 0.261. The van der Waals surface area contributed by atoms with Gasteiger partial charge in [-0.2, -0.15) is 0 Å². The second-order valence-corrected chi connectivity index (χ2v) is 8.47. The van der Waals surface area contributed by atoms with Gasteiger partial charge in [0, 0.05) is 35.1 Å². The maximum Gasteiger partial charge on any atom is 0.200 e. The van der Waals surface area contributed by atoms with Gasteiger partial charge in [-0.3, -0.25) is 4.79 Å². The molecule has 0 atom stereocenters. The van der Waals surface area contributed by atoms with Gasteiger partial charge in [-0.25, -0.2) is 13.8 Å². The Hall–Kier alpha value is -5.04. The lowest BCUT2D eigenvalue weighted by Gasteiger charge is -2.13. The molecule has 5 nitrogen and oxygen atoms in total. The van der Waals surface area contributed by atoms with Gasteiger partial charge in [0.15, 0.2) is 11.6 Å². The van der Waals surface area contributed by atoms with E-state index in [-0.39, 0.29) is 22.8 Å². The molecule has 0 saturated heterocycles. The summed E-state index contributed by atoms with van der Waals surface area (Å²) in [5.74, 6) is -0.0682. The minimum absolute atomic E-state index is 0.0734. The highest BCUT2D eigenvalue weighted by molar-refractivity contribution is 5.93. The second-order valence-electron chi connectivity index (χ2n) is 8.47. The lowest BCUT2D eigenvalue weighted by atomic mass is 10.0. The second kappa shape index (κ2) is 9.20. The lowest BCUT2D eigenvalue weighted by molar-refractivity contribution is 0.447. The van der Waals surface area contributed by atoms with Crippen LogP contribution in [0.1, 0.15) is 0 Å². The summed E-state index contributed by atoms with van der Waals surface area (Å²) in [6.45, 7) is 0. The first-order valence-electron chi connectivity index (χ1n) is 11.6. The smallest absolute Gasteiger partial charge is 0.200 e. The molecular formula is C30H19F2N3O2. The molecule has 0 aliphatic carbocycles. The topological polar surface area (TPSA) is 67.0 Å². The van der Waals surface area contributed by atoms with Crippen LogP contribution in [0.4, 0.5) is 20.3 Å². The molecule has 37 heavy (non-hydrogen) atoms. The van der Waals surface area contributed by atoms with Crippen molar-refractivity contribution in [3.8, 4) is 22.6 Å². The number of anilines is 2. The number of nitrogens with one attached hydrogen (secondary N) is 2. The number of pyridine rings is 2. The van der Waals surface area contributed by atoms with Gasteiger partial charge in [-0.15, -0.1) is 0 Å². The first-order valence-corrected chi connectivity index (χ1v) is 11.6. The summed E-state index contributed by atoms with van der Waals surface area (Å²) in [5.41, 5.74) is 1.61. The summed E-state index contributed by atoms with van der Waals surface area (Å²) in [7, 11) is 0. The van der Waals surface area contributed by atoms with E-state index in [9.17, 15) is 9.18 Å². The molecule has 4 aromatic carbocycles. The summed E-state index contributed by atoms with van der Waals surface area (Å²) in [5, 5.41) is 5.23. The number of aromatic amines is 1. The zero-order valence-electron chi connectivity index (χ0n) is 19.3. The van der Waals surface area contributed by atoms with Gasteiger partial charge in [0.05, 0.1) is 10.9 Å². The molecule has 2 N–H and O–H groups in total. The van der Waals surface area contributed by atoms with Crippen molar-refractivity contribution in [2.75, 3.05) is 5.32 Å². The summed E-state index contributed by atoms with van der Waals surface area (Å²) in [4.78, 5) is 20.8. The van der Waals surface area contributed by atoms with Crippen molar-refractivity contribution in [1.29, 1.82) is 0 Å². The van der Waals surface area contributed by atoms with Gasteiger partial charge >= 0.3 is 0 Å². The number of hydrogen-bond acceptors (Lipinski definition) is 4. The van der Waals surface area contributed by atoms with E-state index >= 15 is 4.39 Å². The van der Waals surface area contributed by atoms with Crippen LogP contribution in [0.2, 0.25) is 0 Å². The molecule has 0 bridgehead atoms. The van der Waals surface area contributed by atoms with E-state index in [1.54, 1.807) is 42.7 Å². The Morgan fingerprint density at radius 2 is 1.65 bits per heavy atom. The third-order valence-corrected chi connectivity index (χ3v) is 6.11. The van der Waals surface area contributed by atoms with Crippen LogP contribution in [0.3, 0.4) is 0 Å². The van der Waals surface area contributed by atoms with Gasteiger partial charge in [-0.05, 0) is 47.3 Å². The molecule has 6 aromatic rings. The Morgan fingerprint density at radius 3 is 2.49 bits per heavy atom. The molecule has 180 valence electrons. The van der Waals surface area contributed by atoms with E-state index in [1.165, 1.54) is 24.3 Å². The van der Waals surface area contributed by atoms with Crippen LogP contribution in [-0.4, -0.2) is 9.97 Å². The molecule has 0 spiro atoms. The number of ether oxygens (including phenoxy) is 1. The molecule has 6 rings (SSSR count). The van der Waals surface area contributed by atoms with Crippen LogP contribution in [0.5, 0.6) is 11.5 Å². The normalized spacial score (nSPS) is 11.1. The van der Waals surface area contributed by atoms with Gasteiger partial charge in [0.1, 0.15) is 17.4 Å². The van der Waals surface area contributed by atoms with Crippen LogP contribution in [0.25, 0.3) is 32.8 Å². The number of nitrogens with zero attached hydrogens (tertiary/aromatic N) is 1. The van der Waals surface area contributed by atoms with Crippen LogP contribution < -0.4 is 15.5 Å². The van der Waals surface area contributed by atoms with Crippen molar-refractivity contribution >= 4 is 33.2 Å². The van der Waals surface area contributed by atoms with Crippen molar-refractivity contribution in [2.24, 2.45) is 0 Å². The highest BCUT2D eigenvalue weighted by Gasteiger charge is 2.14. The number of aromatic nitrogens is 2. The van der Waals surface area contributed by atoms with E-state index < -0.39 is 5.82 Å².